The molecule has 4 nitrogen and oxygen atoms in total. The van der Waals surface area contributed by atoms with E-state index in [-0.39, 0.29) is 0 Å². The minimum atomic E-state index is 0.612. The van der Waals surface area contributed by atoms with Crippen LogP contribution in [-0.2, 0) is 13.0 Å². The van der Waals surface area contributed by atoms with Crippen molar-refractivity contribution in [3.8, 4) is 0 Å². The molecule has 1 fully saturated rings. The van der Waals surface area contributed by atoms with Crippen LogP contribution in [0.25, 0.3) is 11.0 Å². The Morgan fingerprint density at radius 1 is 1.21 bits per heavy atom. The van der Waals surface area contributed by atoms with Crippen LogP contribution in [0.3, 0.4) is 0 Å². The van der Waals surface area contributed by atoms with E-state index in [9.17, 15) is 0 Å². The largest absolute Gasteiger partial charge is 0.327 e. The number of aryl methyl sites for hydroxylation is 1. The number of rotatable bonds is 5. The van der Waals surface area contributed by atoms with Crippen molar-refractivity contribution in [1.29, 1.82) is 0 Å². The van der Waals surface area contributed by atoms with Gasteiger partial charge in [0.1, 0.15) is 11.3 Å². The maximum Gasteiger partial charge on any atom is 0.111 e. The fourth-order valence-electron chi connectivity index (χ4n) is 2.80. The molecule has 102 valence electrons. The first-order chi connectivity index (χ1) is 9.38. The van der Waals surface area contributed by atoms with Gasteiger partial charge < -0.3 is 9.47 Å². The highest BCUT2D eigenvalue weighted by atomic mass is 35.5. The molecule has 2 aromatic rings. The topological polar surface area (TPSA) is 34.0 Å². The summed E-state index contributed by atoms with van der Waals surface area (Å²) in [5.41, 5.74) is 2.15. The summed E-state index contributed by atoms with van der Waals surface area (Å²) in [6, 6.07) is 2.05. The van der Waals surface area contributed by atoms with Crippen LogP contribution in [0.2, 0.25) is 0 Å². The van der Waals surface area contributed by atoms with Crippen molar-refractivity contribution in [2.24, 2.45) is 0 Å². The van der Waals surface area contributed by atoms with Gasteiger partial charge in [-0.2, -0.15) is 0 Å². The first-order valence-electron chi connectivity index (χ1n) is 6.96. The summed E-state index contributed by atoms with van der Waals surface area (Å²) in [4.78, 5) is 11.3. The van der Waals surface area contributed by atoms with Gasteiger partial charge in [0, 0.05) is 31.6 Å². The minimum absolute atomic E-state index is 0.612. The Morgan fingerprint density at radius 2 is 2.05 bits per heavy atom. The van der Waals surface area contributed by atoms with Crippen LogP contribution < -0.4 is 0 Å². The Kier molecular flexibility index (Phi) is 3.99. The highest BCUT2D eigenvalue weighted by Gasteiger charge is 2.14. The van der Waals surface area contributed by atoms with E-state index in [4.69, 9.17) is 11.6 Å². The molecule has 1 aliphatic heterocycles. The van der Waals surface area contributed by atoms with Crippen LogP contribution in [0.1, 0.15) is 18.7 Å². The molecule has 1 aliphatic rings. The SMILES string of the molecule is ClCCc1nc2cnccc2n1CCN1CCCC1. The lowest BCUT2D eigenvalue weighted by molar-refractivity contribution is 0.322. The number of nitrogens with zero attached hydrogens (tertiary/aromatic N) is 4. The zero-order valence-corrected chi connectivity index (χ0v) is 11.8. The third kappa shape index (κ3) is 2.74. The average molecular weight is 279 g/mol. The third-order valence-corrected chi connectivity index (χ3v) is 3.98. The van der Waals surface area contributed by atoms with E-state index >= 15 is 0 Å². The molecule has 0 N–H and O–H groups in total. The van der Waals surface area contributed by atoms with Crippen molar-refractivity contribution in [2.75, 3.05) is 25.5 Å². The quantitative estimate of drug-likeness (QED) is 0.787. The fraction of sp³-hybridized carbons (Fsp3) is 0.571. The summed E-state index contributed by atoms with van der Waals surface area (Å²) < 4.78 is 2.30. The van der Waals surface area contributed by atoms with Crippen molar-refractivity contribution in [1.82, 2.24) is 19.4 Å². The molecule has 0 spiro atoms. The Hall–Kier alpha value is -1.13. The van der Waals surface area contributed by atoms with Gasteiger partial charge in [-0.25, -0.2) is 4.98 Å². The summed E-state index contributed by atoms with van der Waals surface area (Å²) in [7, 11) is 0. The Bertz CT molecular complexity index is 545. The van der Waals surface area contributed by atoms with Crippen LogP contribution in [-0.4, -0.2) is 44.9 Å². The van der Waals surface area contributed by atoms with Gasteiger partial charge in [0.25, 0.3) is 0 Å². The van der Waals surface area contributed by atoms with Crippen LogP contribution >= 0.6 is 11.6 Å². The van der Waals surface area contributed by atoms with Gasteiger partial charge in [0.05, 0.1) is 11.7 Å². The normalized spacial score (nSPS) is 16.5. The highest BCUT2D eigenvalue weighted by molar-refractivity contribution is 6.17. The summed E-state index contributed by atoms with van der Waals surface area (Å²) in [5.74, 6) is 1.69. The molecule has 3 rings (SSSR count). The predicted octanol–water partition coefficient (Wildman–Crippen LogP) is 2.31. The number of halogens is 1. The van der Waals surface area contributed by atoms with Crippen molar-refractivity contribution in [3.63, 3.8) is 0 Å². The van der Waals surface area contributed by atoms with Gasteiger partial charge in [-0.1, -0.05) is 0 Å². The van der Waals surface area contributed by atoms with Gasteiger partial charge in [-0.05, 0) is 32.0 Å². The molecule has 0 atom stereocenters. The smallest absolute Gasteiger partial charge is 0.111 e. The molecular weight excluding hydrogens is 260 g/mol. The van der Waals surface area contributed by atoms with Crippen molar-refractivity contribution < 1.29 is 0 Å². The zero-order valence-electron chi connectivity index (χ0n) is 11.1. The number of pyridine rings is 1. The molecule has 0 aliphatic carbocycles. The number of fused-ring (bicyclic) bond motifs is 1. The number of likely N-dealkylation sites (tertiary alicyclic amines) is 1. The lowest BCUT2D eigenvalue weighted by Gasteiger charge is -2.16. The van der Waals surface area contributed by atoms with E-state index in [1.807, 2.05) is 18.5 Å². The third-order valence-electron chi connectivity index (χ3n) is 3.79. The number of aromatic nitrogens is 3. The molecule has 2 aromatic heterocycles. The first kappa shape index (κ1) is 12.9. The average Bonchev–Trinajstić information content (AvgIpc) is 3.04. The van der Waals surface area contributed by atoms with Gasteiger partial charge >= 0.3 is 0 Å². The summed E-state index contributed by atoms with van der Waals surface area (Å²) in [6.07, 6.45) is 7.16. The van der Waals surface area contributed by atoms with E-state index in [1.54, 1.807) is 0 Å². The van der Waals surface area contributed by atoms with E-state index in [0.29, 0.717) is 5.88 Å². The van der Waals surface area contributed by atoms with Crippen molar-refractivity contribution in [3.05, 3.63) is 24.3 Å². The fourth-order valence-corrected chi connectivity index (χ4v) is 2.97. The molecule has 19 heavy (non-hydrogen) atoms. The van der Waals surface area contributed by atoms with Gasteiger partial charge in [-0.15, -0.1) is 11.6 Å². The van der Waals surface area contributed by atoms with Crippen molar-refractivity contribution >= 4 is 22.6 Å². The summed E-state index contributed by atoms with van der Waals surface area (Å²) >= 11 is 5.88. The predicted molar refractivity (Wildman–Crippen MR) is 77.6 cm³/mol. The lowest BCUT2D eigenvalue weighted by Crippen LogP contribution is -2.24. The Morgan fingerprint density at radius 3 is 2.84 bits per heavy atom. The molecule has 0 amide bonds. The van der Waals surface area contributed by atoms with E-state index in [0.717, 1.165) is 30.9 Å². The molecular formula is C14H19ClN4. The van der Waals surface area contributed by atoms with Crippen LogP contribution in [0.4, 0.5) is 0 Å². The van der Waals surface area contributed by atoms with E-state index < -0.39 is 0 Å². The Labute approximate surface area is 118 Å². The number of alkyl halides is 1. The molecule has 0 saturated carbocycles. The minimum Gasteiger partial charge on any atom is -0.327 e. The molecule has 0 radical (unpaired) electrons. The molecule has 0 bridgehead atoms. The number of hydrogen-bond donors (Lipinski definition) is 0. The Balaban J connectivity index is 1.84. The first-order valence-corrected chi connectivity index (χ1v) is 7.49. The molecule has 5 heteroatoms. The van der Waals surface area contributed by atoms with Crippen molar-refractivity contribution in [2.45, 2.75) is 25.8 Å². The summed E-state index contributed by atoms with van der Waals surface area (Å²) in [5, 5.41) is 0. The monoisotopic (exact) mass is 278 g/mol. The van der Waals surface area contributed by atoms with Crippen LogP contribution in [0.5, 0.6) is 0 Å². The van der Waals surface area contributed by atoms with Crippen LogP contribution in [0, 0.1) is 0 Å². The van der Waals surface area contributed by atoms with E-state index in [2.05, 4.69) is 19.4 Å². The van der Waals surface area contributed by atoms with Gasteiger partial charge in [0.2, 0.25) is 0 Å². The van der Waals surface area contributed by atoms with Crippen LogP contribution in [0.15, 0.2) is 18.5 Å². The maximum absolute atomic E-state index is 5.88. The second-order valence-electron chi connectivity index (χ2n) is 5.03. The molecule has 3 heterocycles. The second-order valence-corrected chi connectivity index (χ2v) is 5.41. The second kappa shape index (κ2) is 5.88. The summed E-state index contributed by atoms with van der Waals surface area (Å²) in [6.45, 7) is 4.56. The van der Waals surface area contributed by atoms with E-state index in [1.165, 1.54) is 31.4 Å². The van der Waals surface area contributed by atoms with Gasteiger partial charge in [-0.3, -0.25) is 4.98 Å². The van der Waals surface area contributed by atoms with Gasteiger partial charge in [0.15, 0.2) is 0 Å². The molecule has 1 saturated heterocycles. The lowest BCUT2D eigenvalue weighted by atomic mass is 10.4. The highest BCUT2D eigenvalue weighted by Crippen LogP contribution is 2.16. The standard InChI is InChI=1S/C14H19ClN4/c15-5-3-14-17-12-11-16-6-4-13(12)19(14)10-9-18-7-1-2-8-18/h4,6,11H,1-3,5,7-10H2. The number of imidazole rings is 1. The molecule has 0 unspecified atom stereocenters. The maximum atomic E-state index is 5.88. The zero-order chi connectivity index (χ0) is 13.1. The molecule has 0 aromatic carbocycles. The number of hydrogen-bond acceptors (Lipinski definition) is 3.